The average molecular weight is 364 g/mol. The van der Waals surface area contributed by atoms with Crippen LogP contribution in [0.3, 0.4) is 0 Å². The SMILES string of the molecule is CN1CCN(C(=O)CCC2CCNC2)c2ccc(F)cc21.Cl.Cl. The zero-order valence-electron chi connectivity index (χ0n) is 13.3. The van der Waals surface area contributed by atoms with Gasteiger partial charge in [0.2, 0.25) is 5.91 Å². The lowest BCUT2D eigenvalue weighted by molar-refractivity contribution is -0.118. The van der Waals surface area contributed by atoms with Crippen molar-refractivity contribution in [1.29, 1.82) is 0 Å². The molecule has 23 heavy (non-hydrogen) atoms. The first-order valence-corrected chi connectivity index (χ1v) is 7.67. The van der Waals surface area contributed by atoms with Gasteiger partial charge in [-0.25, -0.2) is 4.39 Å². The second kappa shape index (κ2) is 8.71. The van der Waals surface area contributed by atoms with Crippen LogP contribution in [0.4, 0.5) is 15.8 Å². The fourth-order valence-electron chi connectivity index (χ4n) is 3.20. The molecule has 0 saturated carbocycles. The third-order valence-electron chi connectivity index (χ3n) is 4.53. The van der Waals surface area contributed by atoms with Crippen molar-refractivity contribution in [1.82, 2.24) is 5.32 Å². The van der Waals surface area contributed by atoms with Gasteiger partial charge in [-0.2, -0.15) is 0 Å². The molecule has 1 fully saturated rings. The molecule has 2 aliphatic heterocycles. The second-order valence-electron chi connectivity index (χ2n) is 6.00. The van der Waals surface area contributed by atoms with Gasteiger partial charge in [0, 0.05) is 26.6 Å². The zero-order valence-corrected chi connectivity index (χ0v) is 14.9. The normalized spacial score (nSPS) is 19.7. The van der Waals surface area contributed by atoms with Gasteiger partial charge in [0.15, 0.2) is 0 Å². The highest BCUT2D eigenvalue weighted by atomic mass is 35.5. The van der Waals surface area contributed by atoms with E-state index in [1.807, 2.05) is 16.8 Å². The van der Waals surface area contributed by atoms with E-state index in [2.05, 4.69) is 5.32 Å². The molecule has 0 spiro atoms. The van der Waals surface area contributed by atoms with E-state index < -0.39 is 0 Å². The maximum atomic E-state index is 13.4. The molecule has 3 rings (SSSR count). The van der Waals surface area contributed by atoms with E-state index in [-0.39, 0.29) is 36.5 Å². The Labute approximate surface area is 149 Å². The summed E-state index contributed by atoms with van der Waals surface area (Å²) < 4.78 is 13.4. The van der Waals surface area contributed by atoms with E-state index in [1.165, 1.54) is 12.1 Å². The number of halogens is 3. The molecule has 1 unspecified atom stereocenters. The van der Waals surface area contributed by atoms with Crippen LogP contribution in [0, 0.1) is 11.7 Å². The summed E-state index contributed by atoms with van der Waals surface area (Å²) in [6.07, 6.45) is 2.68. The fourth-order valence-corrected chi connectivity index (χ4v) is 3.20. The van der Waals surface area contributed by atoms with Crippen LogP contribution < -0.4 is 15.1 Å². The lowest BCUT2D eigenvalue weighted by Gasteiger charge is -2.35. The number of carbonyl (C=O) groups excluding carboxylic acids is 1. The number of nitrogens with zero attached hydrogens (tertiary/aromatic N) is 2. The smallest absolute Gasteiger partial charge is 0.227 e. The number of fused-ring (bicyclic) bond motifs is 1. The molecule has 0 bridgehead atoms. The summed E-state index contributed by atoms with van der Waals surface area (Å²) in [4.78, 5) is 16.3. The van der Waals surface area contributed by atoms with Crippen LogP contribution in [-0.4, -0.2) is 39.1 Å². The van der Waals surface area contributed by atoms with Crippen LogP contribution >= 0.6 is 24.8 Å². The van der Waals surface area contributed by atoms with Crippen molar-refractivity contribution in [2.45, 2.75) is 19.3 Å². The first-order chi connectivity index (χ1) is 10.1. The number of amides is 1. The number of likely N-dealkylation sites (N-methyl/N-ethyl adjacent to an activating group) is 1. The molecular weight excluding hydrogens is 340 g/mol. The summed E-state index contributed by atoms with van der Waals surface area (Å²) in [7, 11) is 1.93. The maximum absolute atomic E-state index is 13.4. The zero-order chi connectivity index (χ0) is 14.8. The second-order valence-corrected chi connectivity index (χ2v) is 6.00. The van der Waals surface area contributed by atoms with Crippen molar-refractivity contribution in [3.05, 3.63) is 24.0 Å². The van der Waals surface area contributed by atoms with Crippen molar-refractivity contribution >= 4 is 42.1 Å². The molecule has 0 radical (unpaired) electrons. The van der Waals surface area contributed by atoms with Crippen molar-refractivity contribution in [3.8, 4) is 0 Å². The molecule has 2 aliphatic rings. The number of benzene rings is 1. The monoisotopic (exact) mass is 363 g/mol. The van der Waals surface area contributed by atoms with Gasteiger partial charge in [-0.15, -0.1) is 24.8 Å². The van der Waals surface area contributed by atoms with Crippen molar-refractivity contribution < 1.29 is 9.18 Å². The number of rotatable bonds is 3. The van der Waals surface area contributed by atoms with Crippen LogP contribution in [-0.2, 0) is 4.79 Å². The van der Waals surface area contributed by atoms with Crippen LogP contribution in [0.5, 0.6) is 0 Å². The number of carbonyl (C=O) groups is 1. The third kappa shape index (κ3) is 4.49. The molecule has 1 saturated heterocycles. The lowest BCUT2D eigenvalue weighted by Crippen LogP contribution is -2.42. The third-order valence-corrected chi connectivity index (χ3v) is 4.53. The minimum Gasteiger partial charge on any atom is -0.371 e. The molecule has 1 N–H and O–H groups in total. The number of hydrogen-bond acceptors (Lipinski definition) is 3. The topological polar surface area (TPSA) is 35.6 Å². The van der Waals surface area contributed by atoms with Gasteiger partial charge in [-0.1, -0.05) is 0 Å². The molecule has 0 aliphatic carbocycles. The highest BCUT2D eigenvalue weighted by Crippen LogP contribution is 2.33. The van der Waals surface area contributed by atoms with E-state index in [0.717, 1.165) is 43.9 Å². The first kappa shape index (κ1) is 20.0. The molecule has 1 amide bonds. The van der Waals surface area contributed by atoms with Gasteiger partial charge < -0.3 is 15.1 Å². The summed E-state index contributed by atoms with van der Waals surface area (Å²) in [6.45, 7) is 3.51. The molecule has 1 aromatic carbocycles. The van der Waals surface area contributed by atoms with Crippen LogP contribution in [0.2, 0.25) is 0 Å². The Bertz CT molecular complexity index is 538. The van der Waals surface area contributed by atoms with Gasteiger partial charge in [-0.05, 0) is 50.0 Å². The highest BCUT2D eigenvalue weighted by molar-refractivity contribution is 5.97. The van der Waals surface area contributed by atoms with Gasteiger partial charge in [0.1, 0.15) is 5.82 Å². The van der Waals surface area contributed by atoms with E-state index in [4.69, 9.17) is 0 Å². The summed E-state index contributed by atoms with van der Waals surface area (Å²) in [5.41, 5.74) is 1.64. The number of hydrogen-bond donors (Lipinski definition) is 1. The number of nitrogens with one attached hydrogen (secondary N) is 1. The molecule has 130 valence electrons. The summed E-state index contributed by atoms with van der Waals surface area (Å²) in [5.74, 6) is 0.517. The molecule has 4 nitrogen and oxygen atoms in total. The molecule has 1 aromatic rings. The van der Waals surface area contributed by atoms with Crippen molar-refractivity contribution in [2.75, 3.05) is 43.0 Å². The van der Waals surface area contributed by atoms with E-state index in [1.54, 1.807) is 6.07 Å². The number of anilines is 2. The van der Waals surface area contributed by atoms with Gasteiger partial charge in [0.25, 0.3) is 0 Å². The summed E-state index contributed by atoms with van der Waals surface area (Å²) >= 11 is 0. The largest absolute Gasteiger partial charge is 0.371 e. The molecule has 7 heteroatoms. The minimum absolute atomic E-state index is 0. The van der Waals surface area contributed by atoms with Crippen LogP contribution in [0.15, 0.2) is 18.2 Å². The minimum atomic E-state index is -0.257. The quantitative estimate of drug-likeness (QED) is 0.896. The van der Waals surface area contributed by atoms with Gasteiger partial charge in [0.05, 0.1) is 11.4 Å². The molecular formula is C16H24Cl2FN3O. The van der Waals surface area contributed by atoms with Crippen molar-refractivity contribution in [3.63, 3.8) is 0 Å². The lowest BCUT2D eigenvalue weighted by atomic mass is 10.0. The van der Waals surface area contributed by atoms with Crippen molar-refractivity contribution in [2.24, 2.45) is 5.92 Å². The Morgan fingerprint density at radius 3 is 2.78 bits per heavy atom. The maximum Gasteiger partial charge on any atom is 0.227 e. The van der Waals surface area contributed by atoms with E-state index >= 15 is 0 Å². The average Bonchev–Trinajstić information content (AvgIpc) is 2.99. The fraction of sp³-hybridized carbons (Fsp3) is 0.562. The van der Waals surface area contributed by atoms with E-state index in [0.29, 0.717) is 18.9 Å². The Hall–Kier alpha value is -1.04. The van der Waals surface area contributed by atoms with Crippen LogP contribution in [0.25, 0.3) is 0 Å². The summed E-state index contributed by atoms with van der Waals surface area (Å²) in [5, 5.41) is 3.33. The molecule has 0 aromatic heterocycles. The molecule has 2 heterocycles. The Balaban J connectivity index is 0.00000132. The summed E-state index contributed by atoms with van der Waals surface area (Å²) in [6, 6.07) is 4.66. The predicted octanol–water partition coefficient (Wildman–Crippen LogP) is 2.84. The van der Waals surface area contributed by atoms with Crippen LogP contribution in [0.1, 0.15) is 19.3 Å². The van der Waals surface area contributed by atoms with E-state index in [9.17, 15) is 9.18 Å². The Kier molecular flexibility index (Phi) is 7.58. The van der Waals surface area contributed by atoms with Gasteiger partial charge >= 0.3 is 0 Å². The Morgan fingerprint density at radius 1 is 1.30 bits per heavy atom. The predicted molar refractivity (Wildman–Crippen MR) is 96.7 cm³/mol. The highest BCUT2D eigenvalue weighted by Gasteiger charge is 2.26. The first-order valence-electron chi connectivity index (χ1n) is 7.67. The Morgan fingerprint density at radius 2 is 2.09 bits per heavy atom. The molecule has 1 atom stereocenters. The van der Waals surface area contributed by atoms with Gasteiger partial charge in [-0.3, -0.25) is 4.79 Å². The standard InChI is InChI=1S/C16H22FN3O.2ClH/c1-19-8-9-20(14-4-3-13(17)10-15(14)19)16(21)5-2-12-6-7-18-11-12;;/h3-4,10,12,18H,2,5-9,11H2,1H3;2*1H.